The second-order valence-corrected chi connectivity index (χ2v) is 6.97. The molecule has 11 heteroatoms. The van der Waals surface area contributed by atoms with Crippen LogP contribution in [-0.4, -0.2) is 39.6 Å². The highest BCUT2D eigenvalue weighted by Crippen LogP contribution is 2.34. The van der Waals surface area contributed by atoms with E-state index in [1.54, 1.807) is 37.5 Å². The van der Waals surface area contributed by atoms with E-state index in [9.17, 15) is 19.7 Å². The lowest BCUT2D eigenvalue weighted by molar-refractivity contribution is -0.384. The van der Waals surface area contributed by atoms with E-state index >= 15 is 0 Å². The first-order chi connectivity index (χ1) is 15.9. The Morgan fingerprint density at radius 1 is 1.15 bits per heavy atom. The minimum absolute atomic E-state index is 0.0824. The average Bonchev–Trinajstić information content (AvgIpc) is 3.13. The highest BCUT2D eigenvalue weighted by atomic mass is 16.6. The van der Waals surface area contributed by atoms with Crippen molar-refractivity contribution in [3.8, 4) is 22.8 Å². The van der Waals surface area contributed by atoms with E-state index in [0.717, 1.165) is 5.01 Å². The lowest BCUT2D eigenvalue weighted by Gasteiger charge is -2.16. The van der Waals surface area contributed by atoms with Crippen molar-refractivity contribution in [1.29, 1.82) is 0 Å². The van der Waals surface area contributed by atoms with Crippen LogP contribution in [0.25, 0.3) is 11.3 Å². The van der Waals surface area contributed by atoms with Gasteiger partial charge in [-0.1, -0.05) is 0 Å². The summed E-state index contributed by atoms with van der Waals surface area (Å²) in [6, 6.07) is 9.96. The van der Waals surface area contributed by atoms with Crippen molar-refractivity contribution < 1.29 is 24.0 Å². The van der Waals surface area contributed by atoms with Crippen molar-refractivity contribution >= 4 is 29.0 Å². The van der Waals surface area contributed by atoms with Crippen molar-refractivity contribution in [1.82, 2.24) is 9.97 Å². The van der Waals surface area contributed by atoms with Gasteiger partial charge in [0, 0.05) is 30.1 Å². The number of nitrogens with zero attached hydrogens (tertiary/aromatic N) is 5. The third kappa shape index (κ3) is 4.24. The monoisotopic (exact) mass is 447 g/mol. The van der Waals surface area contributed by atoms with Gasteiger partial charge in [0.05, 0.1) is 35.3 Å². The van der Waals surface area contributed by atoms with Crippen LogP contribution in [-0.2, 0) is 9.59 Å². The van der Waals surface area contributed by atoms with Gasteiger partial charge in [-0.2, -0.15) is 10.1 Å². The molecule has 1 aromatic heterocycles. The van der Waals surface area contributed by atoms with Gasteiger partial charge in [0.1, 0.15) is 11.5 Å². The predicted octanol–water partition coefficient (Wildman–Crippen LogP) is 3.00. The second kappa shape index (κ2) is 8.83. The van der Waals surface area contributed by atoms with Crippen LogP contribution in [0.3, 0.4) is 0 Å². The summed E-state index contributed by atoms with van der Waals surface area (Å²) in [5, 5.41) is 16.1. The summed E-state index contributed by atoms with van der Waals surface area (Å²) in [6.45, 7) is 1.55. The van der Waals surface area contributed by atoms with Crippen molar-refractivity contribution in [2.24, 2.45) is 11.0 Å². The zero-order chi connectivity index (χ0) is 23.5. The highest BCUT2D eigenvalue weighted by molar-refractivity contribution is 6.25. The van der Waals surface area contributed by atoms with Crippen LogP contribution in [0.5, 0.6) is 11.5 Å². The summed E-state index contributed by atoms with van der Waals surface area (Å²) >= 11 is 0. The van der Waals surface area contributed by atoms with E-state index in [1.165, 1.54) is 37.6 Å². The third-order valence-electron chi connectivity index (χ3n) is 4.90. The number of rotatable bonds is 6. The number of carbonyl (C=O) groups excluding carboxylic acids is 2. The molecule has 0 N–H and O–H groups in total. The minimum Gasteiger partial charge on any atom is -0.496 e. The molecule has 166 valence electrons. The van der Waals surface area contributed by atoms with Gasteiger partial charge in [0.15, 0.2) is 5.92 Å². The first kappa shape index (κ1) is 21.6. The first-order valence-corrected chi connectivity index (χ1v) is 9.68. The fourth-order valence-electron chi connectivity index (χ4n) is 3.30. The molecule has 0 saturated heterocycles. The van der Waals surface area contributed by atoms with Gasteiger partial charge < -0.3 is 9.47 Å². The molecule has 1 aliphatic rings. The normalized spacial score (nSPS) is 15.2. The number of hydrogen-bond donors (Lipinski definition) is 0. The molecule has 0 spiro atoms. The molecule has 2 aromatic carbocycles. The number of aromatic nitrogens is 2. The molecule has 0 aliphatic carbocycles. The molecular weight excluding hydrogens is 430 g/mol. The van der Waals surface area contributed by atoms with Gasteiger partial charge in [-0.15, -0.1) is 0 Å². The number of hydrogen-bond acceptors (Lipinski definition) is 9. The Bertz CT molecular complexity index is 1260. The second-order valence-electron chi connectivity index (χ2n) is 6.97. The summed E-state index contributed by atoms with van der Waals surface area (Å²) < 4.78 is 10.7. The van der Waals surface area contributed by atoms with Crippen molar-refractivity contribution in [3.05, 3.63) is 71.2 Å². The molecule has 1 aliphatic heterocycles. The summed E-state index contributed by atoms with van der Waals surface area (Å²) in [7, 11) is 1.52. The Labute approximate surface area is 187 Å². The Balaban J connectivity index is 1.57. The Morgan fingerprint density at radius 3 is 2.55 bits per heavy atom. The van der Waals surface area contributed by atoms with Gasteiger partial charge in [-0.05, 0) is 37.3 Å². The molecule has 11 nitrogen and oxygen atoms in total. The number of anilines is 1. The fraction of sp³-hybridized carbons (Fsp3) is 0.136. The number of benzene rings is 2. The van der Waals surface area contributed by atoms with Gasteiger partial charge in [0.2, 0.25) is 0 Å². The number of carbonyl (C=O) groups is 2. The molecule has 0 radical (unpaired) electrons. The minimum atomic E-state index is -1.25. The largest absolute Gasteiger partial charge is 0.496 e. The Kier molecular flexibility index (Phi) is 5.77. The number of hydrazone groups is 1. The number of nitro groups is 1. The Hall–Kier alpha value is -4.67. The standard InChI is InChI=1S/C22H17N5O6/c1-13-20(22(29)33-16-6-3-14(4-7-16)27(30)31)21(28)26(25-13)15-5-8-19(32-2)17(11-15)18-12-23-9-10-24-18/h3-12,20H,1-2H3. The molecule has 1 unspecified atom stereocenters. The van der Waals surface area contributed by atoms with Crippen LogP contribution in [0.1, 0.15) is 6.92 Å². The van der Waals surface area contributed by atoms with Gasteiger partial charge in [-0.3, -0.25) is 29.7 Å². The molecule has 0 saturated carbocycles. The van der Waals surface area contributed by atoms with Crippen LogP contribution in [0.15, 0.2) is 66.2 Å². The maximum atomic E-state index is 13.1. The number of ether oxygens (including phenoxy) is 2. The smallest absolute Gasteiger partial charge is 0.329 e. The maximum Gasteiger partial charge on any atom is 0.329 e. The summed E-state index contributed by atoms with van der Waals surface area (Å²) in [5.74, 6) is -2.06. The number of amides is 1. The number of methoxy groups -OCH3 is 1. The molecule has 33 heavy (non-hydrogen) atoms. The van der Waals surface area contributed by atoms with E-state index in [1.807, 2.05) is 0 Å². The first-order valence-electron chi connectivity index (χ1n) is 9.68. The van der Waals surface area contributed by atoms with Gasteiger partial charge in [0.25, 0.3) is 11.6 Å². The van der Waals surface area contributed by atoms with E-state index < -0.39 is 22.7 Å². The van der Waals surface area contributed by atoms with Crippen molar-refractivity contribution in [3.63, 3.8) is 0 Å². The average molecular weight is 447 g/mol. The summed E-state index contributed by atoms with van der Waals surface area (Å²) in [4.78, 5) is 44.3. The zero-order valence-electron chi connectivity index (χ0n) is 17.5. The fourth-order valence-corrected chi connectivity index (χ4v) is 3.30. The van der Waals surface area contributed by atoms with Crippen molar-refractivity contribution in [2.45, 2.75) is 6.92 Å². The number of non-ortho nitro benzene ring substituents is 1. The maximum absolute atomic E-state index is 13.1. The molecule has 1 atom stereocenters. The predicted molar refractivity (Wildman–Crippen MR) is 117 cm³/mol. The highest BCUT2D eigenvalue weighted by Gasteiger charge is 2.41. The number of nitro benzene ring substituents is 1. The van der Waals surface area contributed by atoms with Crippen LogP contribution < -0.4 is 14.5 Å². The lowest BCUT2D eigenvalue weighted by atomic mass is 10.0. The molecule has 3 aromatic rings. The van der Waals surface area contributed by atoms with Crippen LogP contribution in [0.4, 0.5) is 11.4 Å². The van der Waals surface area contributed by atoms with E-state index in [2.05, 4.69) is 15.1 Å². The molecule has 4 rings (SSSR count). The SMILES string of the molecule is COc1ccc(N2N=C(C)C(C(=O)Oc3ccc([N+](=O)[O-])cc3)C2=O)cc1-c1cnccn1. The number of esters is 1. The Morgan fingerprint density at radius 2 is 1.91 bits per heavy atom. The molecule has 1 amide bonds. The zero-order valence-corrected chi connectivity index (χ0v) is 17.5. The van der Waals surface area contributed by atoms with E-state index in [-0.39, 0.29) is 17.1 Å². The van der Waals surface area contributed by atoms with Gasteiger partial charge in [-0.25, -0.2) is 0 Å². The molecule has 0 fully saturated rings. The summed E-state index contributed by atoms with van der Waals surface area (Å²) in [5.41, 5.74) is 1.66. The molecule has 2 heterocycles. The van der Waals surface area contributed by atoms with Gasteiger partial charge >= 0.3 is 5.97 Å². The van der Waals surface area contributed by atoms with E-state index in [0.29, 0.717) is 22.7 Å². The van der Waals surface area contributed by atoms with Crippen molar-refractivity contribution in [2.75, 3.05) is 12.1 Å². The topological polar surface area (TPSA) is 137 Å². The lowest BCUT2D eigenvalue weighted by Crippen LogP contribution is -2.35. The molecule has 0 bridgehead atoms. The van der Waals surface area contributed by atoms with Crippen LogP contribution in [0.2, 0.25) is 0 Å². The van der Waals surface area contributed by atoms with E-state index in [4.69, 9.17) is 9.47 Å². The van der Waals surface area contributed by atoms with Crippen LogP contribution in [0, 0.1) is 16.0 Å². The van der Waals surface area contributed by atoms with Crippen LogP contribution >= 0.6 is 0 Å². The molecular formula is C22H17N5O6. The quantitative estimate of drug-likeness (QED) is 0.185. The third-order valence-corrected chi connectivity index (χ3v) is 4.90. The summed E-state index contributed by atoms with van der Waals surface area (Å²) in [6.07, 6.45) is 4.64.